The standard InChI is InChI=1S/C9H13N3O2/c1-11-8(12-4-2-3-5-12)6-7(13)10-9(11)14/h6H,2-5H2,1H3,(H,10,13,14). The quantitative estimate of drug-likeness (QED) is 0.667. The maximum absolute atomic E-state index is 11.3. The molecule has 0 aliphatic carbocycles. The van der Waals surface area contributed by atoms with Crippen molar-refractivity contribution in [3.63, 3.8) is 0 Å². The molecule has 0 saturated carbocycles. The van der Waals surface area contributed by atoms with Crippen LogP contribution in [0.2, 0.25) is 0 Å². The van der Waals surface area contributed by atoms with Gasteiger partial charge in [-0.25, -0.2) is 4.79 Å². The minimum atomic E-state index is -0.348. The van der Waals surface area contributed by atoms with Crippen molar-refractivity contribution in [2.75, 3.05) is 18.0 Å². The molecule has 0 unspecified atom stereocenters. The fourth-order valence-corrected chi connectivity index (χ4v) is 1.79. The van der Waals surface area contributed by atoms with E-state index in [0.717, 1.165) is 31.7 Å². The van der Waals surface area contributed by atoms with E-state index >= 15 is 0 Å². The summed E-state index contributed by atoms with van der Waals surface area (Å²) >= 11 is 0. The Bertz CT molecular complexity index is 440. The number of hydrogen-bond acceptors (Lipinski definition) is 3. The molecule has 0 atom stereocenters. The molecule has 1 aromatic heterocycles. The highest BCUT2D eigenvalue weighted by molar-refractivity contribution is 5.38. The van der Waals surface area contributed by atoms with Crippen molar-refractivity contribution in [3.8, 4) is 0 Å². The predicted octanol–water partition coefficient (Wildman–Crippen LogP) is -0.326. The van der Waals surface area contributed by atoms with Crippen LogP contribution in [-0.2, 0) is 7.05 Å². The SMILES string of the molecule is Cn1c(N2CCCC2)cc(=O)[nH]c1=O. The zero-order valence-corrected chi connectivity index (χ0v) is 8.12. The summed E-state index contributed by atoms with van der Waals surface area (Å²) in [5, 5.41) is 0. The van der Waals surface area contributed by atoms with Gasteiger partial charge in [-0.2, -0.15) is 0 Å². The van der Waals surface area contributed by atoms with Crippen molar-refractivity contribution in [1.29, 1.82) is 0 Å². The van der Waals surface area contributed by atoms with Gasteiger partial charge in [-0.3, -0.25) is 14.3 Å². The molecule has 1 N–H and O–H groups in total. The van der Waals surface area contributed by atoms with Crippen LogP contribution in [-0.4, -0.2) is 22.6 Å². The van der Waals surface area contributed by atoms with Crippen LogP contribution >= 0.6 is 0 Å². The van der Waals surface area contributed by atoms with Gasteiger partial charge < -0.3 is 4.90 Å². The van der Waals surface area contributed by atoms with Crippen LogP contribution < -0.4 is 16.1 Å². The smallest absolute Gasteiger partial charge is 0.329 e. The molecule has 1 aromatic rings. The first-order chi connectivity index (χ1) is 6.68. The van der Waals surface area contributed by atoms with Crippen molar-refractivity contribution < 1.29 is 0 Å². The second kappa shape index (κ2) is 3.32. The fraction of sp³-hybridized carbons (Fsp3) is 0.556. The summed E-state index contributed by atoms with van der Waals surface area (Å²) in [6, 6.07) is 1.48. The van der Waals surface area contributed by atoms with Crippen LogP contribution in [0.1, 0.15) is 12.8 Å². The molecule has 0 spiro atoms. The molecular weight excluding hydrogens is 182 g/mol. The van der Waals surface area contributed by atoms with Crippen LogP contribution in [0.15, 0.2) is 15.7 Å². The summed E-state index contributed by atoms with van der Waals surface area (Å²) in [7, 11) is 1.67. The molecule has 0 amide bonds. The van der Waals surface area contributed by atoms with Gasteiger partial charge >= 0.3 is 5.69 Å². The zero-order valence-electron chi connectivity index (χ0n) is 8.12. The molecule has 1 saturated heterocycles. The third-order valence-electron chi connectivity index (χ3n) is 2.57. The lowest BCUT2D eigenvalue weighted by Gasteiger charge is -2.19. The Morgan fingerprint density at radius 2 is 1.93 bits per heavy atom. The van der Waals surface area contributed by atoms with E-state index in [1.807, 2.05) is 0 Å². The summed E-state index contributed by atoms with van der Waals surface area (Å²) in [6.45, 7) is 1.85. The maximum atomic E-state index is 11.3. The lowest BCUT2D eigenvalue weighted by molar-refractivity contribution is 0.760. The molecule has 2 heterocycles. The number of aromatic nitrogens is 2. The number of rotatable bonds is 1. The molecule has 5 nitrogen and oxygen atoms in total. The lowest BCUT2D eigenvalue weighted by atomic mass is 10.4. The molecule has 1 aliphatic heterocycles. The highest BCUT2D eigenvalue weighted by atomic mass is 16.2. The van der Waals surface area contributed by atoms with Crippen LogP contribution in [0.3, 0.4) is 0 Å². The van der Waals surface area contributed by atoms with Gasteiger partial charge in [0, 0.05) is 26.2 Å². The van der Waals surface area contributed by atoms with Crippen molar-refractivity contribution in [1.82, 2.24) is 9.55 Å². The van der Waals surface area contributed by atoms with Crippen molar-refractivity contribution in [2.45, 2.75) is 12.8 Å². The Kier molecular flexibility index (Phi) is 2.15. The Hall–Kier alpha value is -1.52. The van der Waals surface area contributed by atoms with Gasteiger partial charge in [-0.15, -0.1) is 0 Å². The molecule has 0 radical (unpaired) electrons. The van der Waals surface area contributed by atoms with Gasteiger partial charge in [0.25, 0.3) is 5.56 Å². The molecule has 1 fully saturated rings. The molecule has 0 aromatic carbocycles. The average Bonchev–Trinajstić information content (AvgIpc) is 2.63. The number of aromatic amines is 1. The number of hydrogen-bond donors (Lipinski definition) is 1. The van der Waals surface area contributed by atoms with Crippen LogP contribution in [0.25, 0.3) is 0 Å². The van der Waals surface area contributed by atoms with Crippen molar-refractivity contribution in [3.05, 3.63) is 26.9 Å². The van der Waals surface area contributed by atoms with Crippen LogP contribution in [0.5, 0.6) is 0 Å². The Morgan fingerprint density at radius 3 is 2.57 bits per heavy atom. The topological polar surface area (TPSA) is 58.1 Å². The second-order valence-corrected chi connectivity index (χ2v) is 3.55. The molecule has 76 valence electrons. The molecule has 5 heteroatoms. The molecule has 1 aliphatic rings. The predicted molar refractivity (Wildman–Crippen MR) is 53.8 cm³/mol. The highest BCUT2D eigenvalue weighted by Gasteiger charge is 2.15. The van der Waals surface area contributed by atoms with E-state index in [-0.39, 0.29) is 11.2 Å². The van der Waals surface area contributed by atoms with E-state index in [9.17, 15) is 9.59 Å². The van der Waals surface area contributed by atoms with E-state index in [1.165, 1.54) is 10.6 Å². The van der Waals surface area contributed by atoms with E-state index in [2.05, 4.69) is 9.88 Å². The Morgan fingerprint density at radius 1 is 1.29 bits per heavy atom. The lowest BCUT2D eigenvalue weighted by Crippen LogP contribution is -2.33. The first kappa shape index (κ1) is 9.05. The van der Waals surface area contributed by atoms with Crippen LogP contribution in [0, 0.1) is 0 Å². The van der Waals surface area contributed by atoms with Gasteiger partial charge in [-0.05, 0) is 12.8 Å². The first-order valence-electron chi connectivity index (χ1n) is 4.74. The Balaban J connectivity index is 2.51. The summed E-state index contributed by atoms with van der Waals surface area (Å²) in [5.41, 5.74) is -0.672. The van der Waals surface area contributed by atoms with E-state index < -0.39 is 0 Å². The highest BCUT2D eigenvalue weighted by Crippen LogP contribution is 2.15. The fourth-order valence-electron chi connectivity index (χ4n) is 1.79. The first-order valence-corrected chi connectivity index (χ1v) is 4.74. The monoisotopic (exact) mass is 195 g/mol. The molecule has 2 rings (SSSR count). The van der Waals surface area contributed by atoms with Gasteiger partial charge in [0.2, 0.25) is 0 Å². The third-order valence-corrected chi connectivity index (χ3v) is 2.57. The molecular formula is C9H13N3O2. The maximum Gasteiger partial charge on any atom is 0.329 e. The molecule has 0 bridgehead atoms. The van der Waals surface area contributed by atoms with Gasteiger partial charge in [0.05, 0.1) is 0 Å². The minimum absolute atomic E-state index is 0.324. The second-order valence-electron chi connectivity index (χ2n) is 3.55. The summed E-state index contributed by atoms with van der Waals surface area (Å²) < 4.78 is 1.48. The van der Waals surface area contributed by atoms with Gasteiger partial charge in [-0.1, -0.05) is 0 Å². The number of nitrogens with zero attached hydrogens (tertiary/aromatic N) is 2. The minimum Gasteiger partial charge on any atom is -0.358 e. The Labute approximate surface area is 81.0 Å². The van der Waals surface area contributed by atoms with E-state index in [4.69, 9.17) is 0 Å². The van der Waals surface area contributed by atoms with Gasteiger partial charge in [0.1, 0.15) is 5.82 Å². The van der Waals surface area contributed by atoms with Crippen molar-refractivity contribution >= 4 is 5.82 Å². The van der Waals surface area contributed by atoms with Gasteiger partial charge in [0.15, 0.2) is 0 Å². The largest absolute Gasteiger partial charge is 0.358 e. The van der Waals surface area contributed by atoms with E-state index in [0.29, 0.717) is 0 Å². The molecule has 14 heavy (non-hydrogen) atoms. The summed E-state index contributed by atoms with van der Waals surface area (Å²) in [5.74, 6) is 0.719. The number of H-pyrrole nitrogens is 1. The number of nitrogens with one attached hydrogen (secondary N) is 1. The summed E-state index contributed by atoms with van der Waals surface area (Å²) in [6.07, 6.45) is 2.25. The van der Waals surface area contributed by atoms with Crippen molar-refractivity contribution in [2.24, 2.45) is 7.05 Å². The normalized spacial score (nSPS) is 16.2. The summed E-state index contributed by atoms with van der Waals surface area (Å²) in [4.78, 5) is 26.7. The average molecular weight is 195 g/mol. The van der Waals surface area contributed by atoms with Crippen LogP contribution in [0.4, 0.5) is 5.82 Å². The third kappa shape index (κ3) is 1.45. The number of anilines is 1. The van der Waals surface area contributed by atoms with E-state index in [1.54, 1.807) is 7.05 Å². The zero-order chi connectivity index (χ0) is 10.1.